The maximum atomic E-state index is 6.47. The van der Waals surface area contributed by atoms with Crippen molar-refractivity contribution in [1.82, 2.24) is 4.98 Å². The molecule has 0 fully saturated rings. The maximum absolute atomic E-state index is 6.47. The Bertz CT molecular complexity index is 799. The van der Waals surface area contributed by atoms with E-state index in [1.54, 1.807) is 7.11 Å². The third-order valence-electron chi connectivity index (χ3n) is 3.24. The van der Waals surface area contributed by atoms with Crippen molar-refractivity contribution in [1.29, 1.82) is 0 Å². The average Bonchev–Trinajstić information content (AvgIpc) is 2.38. The molecule has 19 heavy (non-hydrogen) atoms. The molecule has 0 saturated carbocycles. The predicted molar refractivity (Wildman–Crippen MR) is 80.6 cm³/mol. The second kappa shape index (κ2) is 4.55. The molecule has 2 nitrogen and oxygen atoms in total. The van der Waals surface area contributed by atoms with Crippen LogP contribution in [0.4, 0.5) is 0 Å². The van der Waals surface area contributed by atoms with Crippen LogP contribution in [0.3, 0.4) is 0 Å². The molecule has 0 unspecified atom stereocenters. The summed E-state index contributed by atoms with van der Waals surface area (Å²) >= 11 is 12.5. The zero-order valence-electron chi connectivity index (χ0n) is 10.5. The summed E-state index contributed by atoms with van der Waals surface area (Å²) < 4.78 is 5.46. The fraction of sp³-hybridized carbons (Fsp3) is 0.133. The lowest BCUT2D eigenvalue weighted by atomic mass is 10.0. The van der Waals surface area contributed by atoms with Crippen molar-refractivity contribution in [3.05, 3.63) is 46.1 Å². The summed E-state index contributed by atoms with van der Waals surface area (Å²) in [7, 11) is 1.62. The summed E-state index contributed by atoms with van der Waals surface area (Å²) in [4.78, 5) is 4.43. The van der Waals surface area contributed by atoms with Crippen molar-refractivity contribution in [3.8, 4) is 5.75 Å². The van der Waals surface area contributed by atoms with Gasteiger partial charge in [0.05, 0.1) is 17.6 Å². The highest BCUT2D eigenvalue weighted by molar-refractivity contribution is 6.40. The van der Waals surface area contributed by atoms with Crippen LogP contribution in [0.5, 0.6) is 5.75 Å². The number of aromatic nitrogens is 1. The van der Waals surface area contributed by atoms with Crippen LogP contribution in [0, 0.1) is 6.92 Å². The minimum atomic E-state index is 0.469. The van der Waals surface area contributed by atoms with Crippen LogP contribution < -0.4 is 4.74 Å². The lowest BCUT2D eigenvalue weighted by Crippen LogP contribution is -1.93. The van der Waals surface area contributed by atoms with Gasteiger partial charge in [-0.2, -0.15) is 0 Å². The van der Waals surface area contributed by atoms with Crippen LogP contribution in [-0.2, 0) is 0 Å². The Morgan fingerprint density at radius 2 is 1.79 bits per heavy atom. The summed E-state index contributed by atoms with van der Waals surface area (Å²) in [5, 5.41) is 3.87. The molecule has 0 spiro atoms. The number of aryl methyl sites for hydroxylation is 1. The van der Waals surface area contributed by atoms with Crippen LogP contribution >= 0.6 is 23.2 Å². The molecule has 0 N–H and O–H groups in total. The summed E-state index contributed by atoms with van der Waals surface area (Å²) in [5.74, 6) is 0.678. The van der Waals surface area contributed by atoms with Crippen LogP contribution in [0.1, 0.15) is 5.56 Å². The molecule has 96 valence electrons. The zero-order valence-corrected chi connectivity index (χ0v) is 12.0. The van der Waals surface area contributed by atoms with Gasteiger partial charge >= 0.3 is 0 Å². The van der Waals surface area contributed by atoms with Crippen molar-refractivity contribution in [2.75, 3.05) is 7.11 Å². The molecular weight excluding hydrogens is 281 g/mol. The topological polar surface area (TPSA) is 22.1 Å². The van der Waals surface area contributed by atoms with Crippen molar-refractivity contribution in [2.24, 2.45) is 0 Å². The third-order valence-corrected chi connectivity index (χ3v) is 3.79. The van der Waals surface area contributed by atoms with Crippen molar-refractivity contribution in [2.45, 2.75) is 6.92 Å². The van der Waals surface area contributed by atoms with E-state index in [-0.39, 0.29) is 0 Å². The molecule has 0 amide bonds. The van der Waals surface area contributed by atoms with E-state index in [4.69, 9.17) is 27.9 Å². The monoisotopic (exact) mass is 291 g/mol. The van der Waals surface area contributed by atoms with Gasteiger partial charge in [0.2, 0.25) is 0 Å². The number of halogens is 2. The van der Waals surface area contributed by atoms with Gasteiger partial charge in [0, 0.05) is 16.2 Å². The first-order chi connectivity index (χ1) is 9.13. The van der Waals surface area contributed by atoms with Crippen LogP contribution in [0.2, 0.25) is 10.2 Å². The van der Waals surface area contributed by atoms with E-state index in [1.165, 1.54) is 0 Å². The molecule has 0 aliphatic carbocycles. The smallest absolute Gasteiger partial charge is 0.146 e. The van der Waals surface area contributed by atoms with Gasteiger partial charge in [-0.3, -0.25) is 0 Å². The molecule has 0 radical (unpaired) electrons. The highest BCUT2D eigenvalue weighted by Gasteiger charge is 2.16. The van der Waals surface area contributed by atoms with Crippen LogP contribution in [-0.4, -0.2) is 12.1 Å². The normalized spacial score (nSPS) is 11.2. The average molecular weight is 292 g/mol. The van der Waals surface area contributed by atoms with Gasteiger partial charge in [0.1, 0.15) is 10.9 Å². The molecule has 0 aliphatic rings. The van der Waals surface area contributed by atoms with Gasteiger partial charge in [0.15, 0.2) is 0 Å². The zero-order chi connectivity index (χ0) is 13.6. The highest BCUT2D eigenvalue weighted by Crippen LogP contribution is 2.42. The van der Waals surface area contributed by atoms with Crippen molar-refractivity contribution in [3.63, 3.8) is 0 Å². The summed E-state index contributed by atoms with van der Waals surface area (Å²) in [5.41, 5.74) is 1.80. The largest absolute Gasteiger partial charge is 0.495 e. The van der Waals surface area contributed by atoms with E-state index < -0.39 is 0 Å². The van der Waals surface area contributed by atoms with E-state index >= 15 is 0 Å². The van der Waals surface area contributed by atoms with Gasteiger partial charge in [-0.1, -0.05) is 47.5 Å². The Morgan fingerprint density at radius 1 is 1.11 bits per heavy atom. The standard InChI is InChI=1S/C15H11Cl2NO/c1-8-7-11(16)18-14-9-5-3-4-6-10(9)15(19-2)13(17)12(8)14/h3-7H,1-2H3. The number of ether oxygens (including phenoxy) is 1. The molecular formula is C15H11Cl2NO. The fourth-order valence-corrected chi connectivity index (χ4v) is 3.09. The predicted octanol–water partition coefficient (Wildman–Crippen LogP) is 5.01. The summed E-state index contributed by atoms with van der Waals surface area (Å²) in [6.07, 6.45) is 0. The Hall–Kier alpha value is -1.51. The van der Waals surface area contributed by atoms with Crippen molar-refractivity contribution >= 4 is 44.9 Å². The van der Waals surface area contributed by atoms with Gasteiger partial charge < -0.3 is 4.74 Å². The minimum absolute atomic E-state index is 0.469. The summed E-state index contributed by atoms with van der Waals surface area (Å²) in [6, 6.07) is 9.69. The number of hydrogen-bond donors (Lipinski definition) is 0. The first-order valence-corrected chi connectivity index (χ1v) is 6.60. The molecule has 0 atom stereocenters. The Labute approximate surface area is 120 Å². The van der Waals surface area contributed by atoms with Crippen LogP contribution in [0.15, 0.2) is 30.3 Å². The molecule has 3 aromatic rings. The molecule has 3 rings (SSSR count). The maximum Gasteiger partial charge on any atom is 0.146 e. The number of hydrogen-bond acceptors (Lipinski definition) is 2. The third kappa shape index (κ3) is 1.83. The van der Waals surface area contributed by atoms with E-state index in [0.29, 0.717) is 15.9 Å². The van der Waals surface area contributed by atoms with E-state index in [0.717, 1.165) is 27.2 Å². The van der Waals surface area contributed by atoms with Gasteiger partial charge in [-0.05, 0) is 18.6 Å². The lowest BCUT2D eigenvalue weighted by molar-refractivity contribution is 0.420. The molecule has 1 aromatic heterocycles. The summed E-state index contributed by atoms with van der Waals surface area (Å²) in [6.45, 7) is 1.97. The molecule has 0 aliphatic heterocycles. The molecule has 0 saturated heterocycles. The van der Waals surface area contributed by atoms with Crippen molar-refractivity contribution < 1.29 is 4.74 Å². The Kier molecular flexibility index (Phi) is 3.00. The minimum Gasteiger partial charge on any atom is -0.495 e. The molecule has 2 aromatic carbocycles. The number of benzene rings is 2. The van der Waals surface area contributed by atoms with Gasteiger partial charge in [-0.25, -0.2) is 4.98 Å². The quantitative estimate of drug-likeness (QED) is 0.464. The number of pyridine rings is 1. The number of methoxy groups -OCH3 is 1. The molecule has 0 bridgehead atoms. The Balaban J connectivity index is 2.66. The molecule has 1 heterocycles. The highest BCUT2D eigenvalue weighted by atomic mass is 35.5. The SMILES string of the molecule is COc1c(Cl)c2c(C)cc(Cl)nc2c2ccccc12. The van der Waals surface area contributed by atoms with E-state index in [2.05, 4.69) is 4.98 Å². The first-order valence-electron chi connectivity index (χ1n) is 5.84. The number of fused-ring (bicyclic) bond motifs is 3. The molecule has 4 heteroatoms. The Morgan fingerprint density at radius 3 is 2.47 bits per heavy atom. The van der Waals surface area contributed by atoms with E-state index in [9.17, 15) is 0 Å². The van der Waals surface area contributed by atoms with Crippen LogP contribution in [0.25, 0.3) is 21.7 Å². The number of nitrogens with zero attached hydrogens (tertiary/aromatic N) is 1. The second-order valence-corrected chi connectivity index (χ2v) is 5.14. The lowest BCUT2D eigenvalue weighted by Gasteiger charge is -2.13. The second-order valence-electron chi connectivity index (χ2n) is 4.38. The van der Waals surface area contributed by atoms with Gasteiger partial charge in [-0.15, -0.1) is 0 Å². The van der Waals surface area contributed by atoms with Gasteiger partial charge in [0.25, 0.3) is 0 Å². The van der Waals surface area contributed by atoms with E-state index in [1.807, 2.05) is 37.3 Å². The number of rotatable bonds is 1. The fourth-order valence-electron chi connectivity index (χ4n) is 2.42. The first kappa shape index (κ1) is 12.5.